The molecule has 0 saturated heterocycles. The number of hydrogen-bond acceptors (Lipinski definition) is 2. The van der Waals surface area contributed by atoms with Crippen LogP contribution in [0.15, 0.2) is 30.1 Å². The maximum absolute atomic E-state index is 5.74. The van der Waals surface area contributed by atoms with Crippen molar-refractivity contribution in [3.63, 3.8) is 0 Å². The van der Waals surface area contributed by atoms with E-state index in [0.29, 0.717) is 5.15 Å². The average Bonchev–Trinajstić information content (AvgIpc) is 2.74. The number of aromatic nitrogens is 1. The van der Waals surface area contributed by atoms with Crippen LogP contribution >= 0.6 is 11.6 Å². The normalized spacial score (nSPS) is 15.2. The van der Waals surface area contributed by atoms with Gasteiger partial charge in [-0.2, -0.15) is 0 Å². The summed E-state index contributed by atoms with van der Waals surface area (Å²) in [6.07, 6.45) is 7.88. The first-order chi connectivity index (χ1) is 7.25. The van der Waals surface area contributed by atoms with E-state index in [9.17, 15) is 0 Å². The minimum atomic E-state index is 0.557. The fraction of sp³-hybridized carbons (Fsp3) is 0.417. The third kappa shape index (κ3) is 2.72. The molecule has 0 fully saturated rings. The van der Waals surface area contributed by atoms with E-state index >= 15 is 0 Å². The van der Waals surface area contributed by atoms with Crippen molar-refractivity contribution in [3.05, 3.63) is 40.8 Å². The summed E-state index contributed by atoms with van der Waals surface area (Å²) in [6, 6.07) is 3.87. The molecule has 0 bridgehead atoms. The van der Waals surface area contributed by atoms with Gasteiger partial charge in [-0.05, 0) is 30.9 Å². The van der Waals surface area contributed by atoms with Crippen LogP contribution in [0.3, 0.4) is 0 Å². The molecule has 0 amide bonds. The van der Waals surface area contributed by atoms with Gasteiger partial charge in [-0.15, -0.1) is 0 Å². The second-order valence-electron chi connectivity index (χ2n) is 3.93. The van der Waals surface area contributed by atoms with Crippen LogP contribution in [0.4, 0.5) is 0 Å². The number of halogens is 1. The smallest absolute Gasteiger partial charge is 0.129 e. The molecule has 1 aliphatic rings. The molecule has 0 spiro atoms. The van der Waals surface area contributed by atoms with Gasteiger partial charge in [0.2, 0.25) is 0 Å². The first-order valence-corrected chi connectivity index (χ1v) is 5.64. The molecule has 15 heavy (non-hydrogen) atoms. The van der Waals surface area contributed by atoms with Gasteiger partial charge in [0.25, 0.3) is 0 Å². The first-order valence-electron chi connectivity index (χ1n) is 5.26. The lowest BCUT2D eigenvalue weighted by Gasteiger charge is -2.20. The van der Waals surface area contributed by atoms with Gasteiger partial charge in [-0.25, -0.2) is 4.98 Å². The standard InChI is InChI=1S/C12H15ClN2/c1-15(11-4-2-3-5-11)9-10-6-7-12(13)14-8-10/h4,6-8H,2-3,5,9H2,1H3. The zero-order valence-corrected chi connectivity index (χ0v) is 9.67. The molecule has 80 valence electrons. The molecule has 1 aliphatic carbocycles. The van der Waals surface area contributed by atoms with Crippen molar-refractivity contribution in [1.29, 1.82) is 0 Å². The maximum atomic E-state index is 5.74. The van der Waals surface area contributed by atoms with Gasteiger partial charge >= 0.3 is 0 Å². The van der Waals surface area contributed by atoms with Crippen molar-refractivity contribution in [2.24, 2.45) is 0 Å². The third-order valence-corrected chi connectivity index (χ3v) is 2.94. The average molecular weight is 223 g/mol. The van der Waals surface area contributed by atoms with Crippen LogP contribution in [-0.2, 0) is 6.54 Å². The molecule has 1 aromatic rings. The van der Waals surface area contributed by atoms with Crippen LogP contribution in [-0.4, -0.2) is 16.9 Å². The summed E-state index contributed by atoms with van der Waals surface area (Å²) in [7, 11) is 2.13. The lowest BCUT2D eigenvalue weighted by atomic mass is 10.2. The Bertz CT molecular complexity index is 356. The molecule has 0 N–H and O–H groups in total. The van der Waals surface area contributed by atoms with Crippen LogP contribution in [0, 0.1) is 0 Å². The molecule has 0 aliphatic heterocycles. The monoisotopic (exact) mass is 222 g/mol. The Hall–Kier alpha value is -1.02. The largest absolute Gasteiger partial charge is 0.374 e. The molecule has 2 nitrogen and oxygen atoms in total. The van der Waals surface area contributed by atoms with Gasteiger partial charge in [0.1, 0.15) is 5.15 Å². The Morgan fingerprint density at radius 2 is 2.33 bits per heavy atom. The Morgan fingerprint density at radius 3 is 2.93 bits per heavy atom. The summed E-state index contributed by atoms with van der Waals surface area (Å²) in [4.78, 5) is 6.37. The molecule has 0 unspecified atom stereocenters. The molecule has 0 aromatic carbocycles. The minimum Gasteiger partial charge on any atom is -0.374 e. The van der Waals surface area contributed by atoms with E-state index in [0.717, 1.165) is 6.54 Å². The highest BCUT2D eigenvalue weighted by Crippen LogP contribution is 2.21. The Morgan fingerprint density at radius 1 is 1.47 bits per heavy atom. The van der Waals surface area contributed by atoms with Gasteiger partial charge in [-0.1, -0.05) is 23.7 Å². The summed E-state index contributed by atoms with van der Waals surface area (Å²) >= 11 is 5.74. The third-order valence-electron chi connectivity index (χ3n) is 2.72. The number of hydrogen-bond donors (Lipinski definition) is 0. The number of allylic oxidation sites excluding steroid dienone is 2. The van der Waals surface area contributed by atoms with Gasteiger partial charge in [0.05, 0.1) is 0 Å². The zero-order valence-electron chi connectivity index (χ0n) is 8.91. The molecule has 1 heterocycles. The van der Waals surface area contributed by atoms with E-state index in [4.69, 9.17) is 11.6 Å². The van der Waals surface area contributed by atoms with Crippen molar-refractivity contribution in [2.75, 3.05) is 7.05 Å². The number of pyridine rings is 1. The Labute approximate surface area is 95.6 Å². The van der Waals surface area contributed by atoms with Crippen molar-refractivity contribution >= 4 is 11.6 Å². The number of rotatable bonds is 3. The van der Waals surface area contributed by atoms with Crippen molar-refractivity contribution < 1.29 is 0 Å². The van der Waals surface area contributed by atoms with Crippen molar-refractivity contribution in [3.8, 4) is 0 Å². The lowest BCUT2D eigenvalue weighted by Crippen LogP contribution is -2.16. The van der Waals surface area contributed by atoms with E-state index in [1.807, 2.05) is 18.3 Å². The zero-order chi connectivity index (χ0) is 10.7. The molecule has 3 heteroatoms. The van der Waals surface area contributed by atoms with Crippen LogP contribution in [0.2, 0.25) is 5.15 Å². The van der Waals surface area contributed by atoms with Crippen LogP contribution in [0.5, 0.6) is 0 Å². The molecule has 0 saturated carbocycles. The molecular formula is C12H15ClN2. The van der Waals surface area contributed by atoms with E-state index in [1.165, 1.54) is 30.5 Å². The topological polar surface area (TPSA) is 16.1 Å². The molecular weight excluding hydrogens is 208 g/mol. The molecule has 0 radical (unpaired) electrons. The minimum absolute atomic E-state index is 0.557. The highest BCUT2D eigenvalue weighted by Gasteiger charge is 2.09. The van der Waals surface area contributed by atoms with Crippen LogP contribution < -0.4 is 0 Å². The predicted molar refractivity (Wildman–Crippen MR) is 62.6 cm³/mol. The van der Waals surface area contributed by atoms with E-state index < -0.39 is 0 Å². The highest BCUT2D eigenvalue weighted by molar-refractivity contribution is 6.29. The Balaban J connectivity index is 1.99. The second kappa shape index (κ2) is 4.67. The Kier molecular flexibility index (Phi) is 3.27. The van der Waals surface area contributed by atoms with E-state index in [-0.39, 0.29) is 0 Å². The molecule has 0 atom stereocenters. The fourth-order valence-electron chi connectivity index (χ4n) is 1.88. The van der Waals surface area contributed by atoms with Gasteiger partial charge < -0.3 is 4.90 Å². The predicted octanol–water partition coefficient (Wildman–Crippen LogP) is 3.23. The lowest BCUT2D eigenvalue weighted by molar-refractivity contribution is 0.400. The quantitative estimate of drug-likeness (QED) is 0.730. The first kappa shape index (κ1) is 10.5. The molecule has 2 rings (SSSR count). The summed E-state index contributed by atoms with van der Waals surface area (Å²) < 4.78 is 0. The van der Waals surface area contributed by atoms with Crippen molar-refractivity contribution in [2.45, 2.75) is 25.8 Å². The summed E-state index contributed by atoms with van der Waals surface area (Å²) in [6.45, 7) is 0.913. The summed E-state index contributed by atoms with van der Waals surface area (Å²) in [5, 5.41) is 0.557. The molecule has 1 aromatic heterocycles. The summed E-state index contributed by atoms with van der Waals surface area (Å²) in [5.41, 5.74) is 2.65. The van der Waals surface area contributed by atoms with E-state index in [2.05, 4.69) is 23.0 Å². The van der Waals surface area contributed by atoms with Gasteiger partial charge in [0, 0.05) is 25.5 Å². The van der Waals surface area contributed by atoms with Crippen LogP contribution in [0.1, 0.15) is 24.8 Å². The highest BCUT2D eigenvalue weighted by atomic mass is 35.5. The van der Waals surface area contributed by atoms with Gasteiger partial charge in [-0.3, -0.25) is 0 Å². The maximum Gasteiger partial charge on any atom is 0.129 e. The SMILES string of the molecule is CN(Cc1ccc(Cl)nc1)C1=CCCC1. The van der Waals surface area contributed by atoms with Crippen LogP contribution in [0.25, 0.3) is 0 Å². The second-order valence-corrected chi connectivity index (χ2v) is 4.32. The van der Waals surface area contributed by atoms with Crippen molar-refractivity contribution in [1.82, 2.24) is 9.88 Å². The number of nitrogens with zero attached hydrogens (tertiary/aromatic N) is 2. The van der Waals surface area contributed by atoms with E-state index in [1.54, 1.807) is 0 Å². The summed E-state index contributed by atoms with van der Waals surface area (Å²) in [5.74, 6) is 0. The van der Waals surface area contributed by atoms with Gasteiger partial charge in [0.15, 0.2) is 0 Å². The fourth-order valence-corrected chi connectivity index (χ4v) is 1.99.